The third-order valence-electron chi connectivity index (χ3n) is 7.74. The Morgan fingerprint density at radius 3 is 2.60 bits per heavy atom. The minimum atomic E-state index is -0.842. The van der Waals surface area contributed by atoms with E-state index in [-0.39, 0.29) is 51.2 Å². The Hall–Kier alpha value is -3.80. The topological polar surface area (TPSA) is 71.1 Å². The molecule has 3 saturated carbocycles. The molecule has 2 bridgehead atoms. The zero-order valence-electron chi connectivity index (χ0n) is 18.9. The normalized spacial score (nSPS) is 23.5. The number of fused-ring (bicyclic) bond motifs is 4. The highest BCUT2D eigenvalue weighted by atomic mass is 19.1. The average molecular weight is 477 g/mol. The van der Waals surface area contributed by atoms with Crippen LogP contribution in [0, 0.1) is 41.8 Å². The van der Waals surface area contributed by atoms with E-state index < -0.39 is 17.5 Å². The molecule has 3 aliphatic rings. The summed E-state index contributed by atoms with van der Waals surface area (Å²) >= 11 is 0. The lowest BCUT2D eigenvalue weighted by molar-refractivity contribution is 0.0926. The van der Waals surface area contributed by atoms with Crippen molar-refractivity contribution in [2.45, 2.75) is 38.6 Å². The van der Waals surface area contributed by atoms with Gasteiger partial charge in [0.2, 0.25) is 5.69 Å². The first-order valence-corrected chi connectivity index (χ1v) is 11.7. The molecule has 4 aromatic rings. The van der Waals surface area contributed by atoms with Crippen LogP contribution in [0.4, 0.5) is 24.7 Å². The fourth-order valence-corrected chi connectivity index (χ4v) is 5.96. The van der Waals surface area contributed by atoms with Gasteiger partial charge in [-0.3, -0.25) is 5.10 Å². The number of pyridine rings is 1. The van der Waals surface area contributed by atoms with Crippen LogP contribution in [0.25, 0.3) is 38.5 Å². The second-order valence-corrected chi connectivity index (χ2v) is 9.52. The van der Waals surface area contributed by atoms with Gasteiger partial charge in [0.15, 0.2) is 17.5 Å². The lowest BCUT2D eigenvalue weighted by Crippen LogP contribution is -2.47. The molecule has 35 heavy (non-hydrogen) atoms. The highest BCUT2D eigenvalue weighted by Crippen LogP contribution is 2.48. The van der Waals surface area contributed by atoms with Gasteiger partial charge in [-0.2, -0.15) is 5.10 Å². The Balaban J connectivity index is 1.57. The number of hydrogen-bond donors (Lipinski definition) is 2. The van der Waals surface area contributed by atoms with Crippen LogP contribution in [0.2, 0.25) is 0 Å². The SMILES string of the molecule is [C-]#[N+]c1c(-c2[nH]nc3c(F)cc(F)cc23)nc(NC2C3CCC(CC3)C2C)c(F)c1-c1ccco1. The van der Waals surface area contributed by atoms with Crippen molar-refractivity contribution in [2.75, 3.05) is 5.32 Å². The number of hydrogen-bond acceptors (Lipinski definition) is 4. The molecule has 3 heterocycles. The molecule has 2 unspecified atom stereocenters. The van der Waals surface area contributed by atoms with Crippen molar-refractivity contribution in [2.24, 2.45) is 17.8 Å². The summed E-state index contributed by atoms with van der Waals surface area (Å²) in [6, 6.07) is 5.07. The van der Waals surface area contributed by atoms with E-state index in [4.69, 9.17) is 11.0 Å². The van der Waals surface area contributed by atoms with Crippen LogP contribution in [-0.2, 0) is 0 Å². The van der Waals surface area contributed by atoms with Gasteiger partial charge in [0.05, 0.1) is 29.8 Å². The van der Waals surface area contributed by atoms with Gasteiger partial charge in [-0.1, -0.05) is 6.92 Å². The number of furan rings is 1. The number of nitrogens with one attached hydrogen (secondary N) is 2. The number of H-pyrrole nitrogens is 1. The highest BCUT2D eigenvalue weighted by Gasteiger charge is 2.42. The van der Waals surface area contributed by atoms with E-state index >= 15 is 4.39 Å². The standard InChI is InChI=1S/C26H22F3N5O/c1-12-13-5-7-14(8-6-13)21(12)31-26-20(29)19(18-4-3-9-35-18)24(30-2)25(32-26)23-16-10-15(27)11-17(28)22(16)33-34-23/h3-4,9-14,21H,5-8H2,1H3,(H,31,32)(H,33,34). The van der Waals surface area contributed by atoms with Crippen LogP contribution in [0.1, 0.15) is 32.6 Å². The van der Waals surface area contributed by atoms with Crippen LogP contribution < -0.4 is 5.32 Å². The molecule has 0 radical (unpaired) electrons. The Bertz CT molecular complexity index is 1460. The Morgan fingerprint density at radius 1 is 1.14 bits per heavy atom. The molecule has 6 nitrogen and oxygen atoms in total. The van der Waals surface area contributed by atoms with Crippen LogP contribution in [0.15, 0.2) is 34.9 Å². The van der Waals surface area contributed by atoms with Gasteiger partial charge in [-0.25, -0.2) is 23.0 Å². The minimum Gasteiger partial charge on any atom is -0.466 e. The third-order valence-corrected chi connectivity index (χ3v) is 7.74. The smallest absolute Gasteiger partial charge is 0.228 e. The first kappa shape index (κ1) is 21.7. The fraction of sp³-hybridized carbons (Fsp3) is 0.346. The second kappa shape index (κ2) is 8.15. The molecule has 0 spiro atoms. The molecular formula is C26H22F3N5O. The fourth-order valence-electron chi connectivity index (χ4n) is 5.96. The van der Waals surface area contributed by atoms with Crippen molar-refractivity contribution in [3.63, 3.8) is 0 Å². The van der Waals surface area contributed by atoms with Crippen molar-refractivity contribution < 1.29 is 17.6 Å². The predicted octanol–water partition coefficient (Wildman–Crippen LogP) is 7.09. The van der Waals surface area contributed by atoms with E-state index in [2.05, 4.69) is 32.3 Å². The van der Waals surface area contributed by atoms with Gasteiger partial charge < -0.3 is 9.73 Å². The van der Waals surface area contributed by atoms with Crippen molar-refractivity contribution in [1.82, 2.24) is 15.2 Å². The van der Waals surface area contributed by atoms with Crippen LogP contribution >= 0.6 is 0 Å². The summed E-state index contributed by atoms with van der Waals surface area (Å²) in [6.07, 6.45) is 5.91. The molecule has 0 aliphatic heterocycles. The molecule has 3 fully saturated rings. The molecule has 3 aromatic heterocycles. The first-order valence-electron chi connectivity index (χ1n) is 11.7. The van der Waals surface area contributed by atoms with Crippen LogP contribution in [-0.4, -0.2) is 21.2 Å². The van der Waals surface area contributed by atoms with Gasteiger partial charge in [0.1, 0.15) is 17.1 Å². The van der Waals surface area contributed by atoms with E-state index in [1.54, 1.807) is 12.1 Å². The zero-order valence-corrected chi connectivity index (χ0v) is 18.9. The maximum Gasteiger partial charge on any atom is 0.228 e. The Morgan fingerprint density at radius 2 is 1.91 bits per heavy atom. The minimum absolute atomic E-state index is 0.0113. The summed E-state index contributed by atoms with van der Waals surface area (Å²) in [6.45, 7) is 10.00. The molecule has 2 N–H and O–H groups in total. The Kier molecular flexibility index (Phi) is 5.06. The van der Waals surface area contributed by atoms with Gasteiger partial charge in [-0.15, -0.1) is 0 Å². The quantitative estimate of drug-likeness (QED) is 0.308. The molecule has 7 rings (SSSR count). The number of nitrogens with zero attached hydrogens (tertiary/aromatic N) is 3. The van der Waals surface area contributed by atoms with Crippen LogP contribution in [0.5, 0.6) is 0 Å². The highest BCUT2D eigenvalue weighted by molar-refractivity contribution is 5.99. The summed E-state index contributed by atoms with van der Waals surface area (Å²) in [4.78, 5) is 8.08. The lowest BCUT2D eigenvalue weighted by Gasteiger charge is -2.47. The van der Waals surface area contributed by atoms with E-state index in [0.717, 1.165) is 25.0 Å². The molecular weight excluding hydrogens is 455 g/mol. The lowest BCUT2D eigenvalue weighted by atomic mass is 9.62. The predicted molar refractivity (Wildman–Crippen MR) is 125 cm³/mol. The Labute approximate surface area is 199 Å². The maximum atomic E-state index is 16.0. The average Bonchev–Trinajstić information content (AvgIpc) is 3.53. The van der Waals surface area contributed by atoms with E-state index in [1.807, 2.05) is 0 Å². The maximum absolute atomic E-state index is 16.0. The van der Waals surface area contributed by atoms with E-state index in [9.17, 15) is 8.78 Å². The summed E-state index contributed by atoms with van der Waals surface area (Å²) in [5.74, 6) is -0.840. The summed E-state index contributed by atoms with van der Waals surface area (Å²) in [5.41, 5.74) is -0.0761. The number of halogens is 3. The largest absolute Gasteiger partial charge is 0.466 e. The van der Waals surface area contributed by atoms with Crippen LogP contribution in [0.3, 0.4) is 0 Å². The number of aromatic amines is 1. The number of aromatic nitrogens is 3. The molecule has 9 heteroatoms. The van der Waals surface area contributed by atoms with Gasteiger partial charge in [0.25, 0.3) is 0 Å². The summed E-state index contributed by atoms with van der Waals surface area (Å²) in [5, 5.41) is 10.1. The molecule has 0 amide bonds. The molecule has 2 atom stereocenters. The van der Waals surface area contributed by atoms with Crippen molar-refractivity contribution >= 4 is 22.4 Å². The van der Waals surface area contributed by atoms with Gasteiger partial charge in [-0.05, 0) is 61.6 Å². The molecule has 3 aliphatic carbocycles. The molecule has 1 aromatic carbocycles. The number of rotatable bonds is 4. The third kappa shape index (κ3) is 3.39. The first-order chi connectivity index (χ1) is 17.0. The van der Waals surface area contributed by atoms with Gasteiger partial charge >= 0.3 is 0 Å². The number of benzene rings is 1. The molecule has 0 saturated heterocycles. The van der Waals surface area contributed by atoms with Gasteiger partial charge in [0, 0.05) is 17.5 Å². The van der Waals surface area contributed by atoms with Crippen molar-refractivity contribution in [1.29, 1.82) is 0 Å². The van der Waals surface area contributed by atoms with E-state index in [1.165, 1.54) is 19.1 Å². The molecule has 178 valence electrons. The number of anilines is 1. The van der Waals surface area contributed by atoms with Crippen molar-refractivity contribution in [3.05, 3.63) is 59.4 Å². The summed E-state index contributed by atoms with van der Waals surface area (Å²) < 4.78 is 49.9. The van der Waals surface area contributed by atoms with Crippen molar-refractivity contribution in [3.8, 4) is 22.7 Å². The summed E-state index contributed by atoms with van der Waals surface area (Å²) in [7, 11) is 0. The second-order valence-electron chi connectivity index (χ2n) is 9.52. The monoisotopic (exact) mass is 477 g/mol. The van der Waals surface area contributed by atoms with E-state index in [0.29, 0.717) is 17.8 Å². The zero-order chi connectivity index (χ0) is 24.3.